The average Bonchev–Trinajstić information content (AvgIpc) is 2.45. The molecule has 112 valence electrons. The predicted molar refractivity (Wildman–Crippen MR) is 73.4 cm³/mol. The summed E-state index contributed by atoms with van der Waals surface area (Å²) in [6.45, 7) is 0.822. The van der Waals surface area contributed by atoms with Gasteiger partial charge >= 0.3 is 0 Å². The fraction of sp³-hybridized carbons (Fsp3) is 1.00. The lowest BCUT2D eigenvalue weighted by Crippen LogP contribution is -2.54. The van der Waals surface area contributed by atoms with Crippen LogP contribution in [0.1, 0.15) is 44.9 Å². The standard InChI is InChI=1S/C14H28N2O3/c1-17-13(18-2)12(16-15)11-6-9-19-14(10-11)7-4-3-5-8-14/h11-13,16H,3-10,15H2,1-2H3. The number of nitrogens with one attached hydrogen (secondary N) is 1. The van der Waals surface area contributed by atoms with Gasteiger partial charge < -0.3 is 14.2 Å². The Kier molecular flexibility index (Phi) is 5.59. The molecule has 0 amide bonds. The van der Waals surface area contributed by atoms with E-state index in [-0.39, 0.29) is 17.9 Å². The summed E-state index contributed by atoms with van der Waals surface area (Å²) in [5.41, 5.74) is 2.98. The molecule has 0 radical (unpaired) electrons. The van der Waals surface area contributed by atoms with Crippen LogP contribution < -0.4 is 11.3 Å². The van der Waals surface area contributed by atoms with Crippen LogP contribution in [0, 0.1) is 5.92 Å². The van der Waals surface area contributed by atoms with Gasteiger partial charge in [0, 0.05) is 20.8 Å². The molecule has 2 unspecified atom stereocenters. The quantitative estimate of drug-likeness (QED) is 0.452. The van der Waals surface area contributed by atoms with Crippen LogP contribution in [-0.4, -0.2) is 38.8 Å². The van der Waals surface area contributed by atoms with Crippen LogP contribution in [0.4, 0.5) is 0 Å². The first-order chi connectivity index (χ1) is 9.24. The zero-order valence-corrected chi connectivity index (χ0v) is 12.2. The first-order valence-electron chi connectivity index (χ1n) is 7.40. The summed E-state index contributed by atoms with van der Waals surface area (Å²) in [6, 6.07) is 0.0256. The van der Waals surface area contributed by atoms with Crippen molar-refractivity contribution in [3.8, 4) is 0 Å². The van der Waals surface area contributed by atoms with Gasteiger partial charge in [-0.05, 0) is 31.6 Å². The summed E-state index contributed by atoms with van der Waals surface area (Å²) < 4.78 is 16.9. The number of rotatable bonds is 5. The molecule has 1 spiro atoms. The maximum absolute atomic E-state index is 6.13. The second kappa shape index (κ2) is 6.99. The van der Waals surface area contributed by atoms with Gasteiger partial charge in [0.05, 0.1) is 11.6 Å². The number of ether oxygens (including phenoxy) is 3. The fourth-order valence-electron chi connectivity index (χ4n) is 3.74. The summed E-state index contributed by atoms with van der Waals surface area (Å²) in [7, 11) is 3.32. The fourth-order valence-corrected chi connectivity index (χ4v) is 3.74. The lowest BCUT2D eigenvalue weighted by atomic mass is 9.74. The van der Waals surface area contributed by atoms with Crippen LogP contribution >= 0.6 is 0 Å². The molecule has 2 rings (SSSR count). The summed E-state index contributed by atoms with van der Waals surface area (Å²) >= 11 is 0. The Balaban J connectivity index is 2.02. The van der Waals surface area contributed by atoms with Gasteiger partial charge in [0.1, 0.15) is 0 Å². The van der Waals surface area contributed by atoms with Crippen LogP contribution in [0.2, 0.25) is 0 Å². The molecule has 5 heteroatoms. The van der Waals surface area contributed by atoms with E-state index in [0.717, 1.165) is 19.4 Å². The van der Waals surface area contributed by atoms with E-state index in [9.17, 15) is 0 Å². The topological polar surface area (TPSA) is 65.7 Å². The van der Waals surface area contributed by atoms with Gasteiger partial charge in [-0.25, -0.2) is 0 Å². The third-order valence-electron chi connectivity index (χ3n) is 4.75. The second-order valence-electron chi connectivity index (χ2n) is 5.88. The Morgan fingerprint density at radius 1 is 1.21 bits per heavy atom. The number of hydrogen-bond donors (Lipinski definition) is 2. The normalized spacial score (nSPS) is 28.7. The van der Waals surface area contributed by atoms with E-state index in [4.69, 9.17) is 20.1 Å². The van der Waals surface area contributed by atoms with Crippen molar-refractivity contribution in [3.63, 3.8) is 0 Å². The summed E-state index contributed by atoms with van der Waals surface area (Å²) in [6.07, 6.45) is 8.06. The van der Waals surface area contributed by atoms with Gasteiger partial charge in [0.2, 0.25) is 0 Å². The number of nitrogens with two attached hydrogens (primary N) is 1. The zero-order valence-electron chi connectivity index (χ0n) is 12.2. The van der Waals surface area contributed by atoms with Gasteiger partial charge in [0.15, 0.2) is 6.29 Å². The molecule has 2 atom stereocenters. The van der Waals surface area contributed by atoms with Crippen LogP contribution in [-0.2, 0) is 14.2 Å². The van der Waals surface area contributed by atoms with E-state index in [1.807, 2.05) is 0 Å². The molecular formula is C14H28N2O3. The first kappa shape index (κ1) is 15.2. The Bertz CT molecular complexity index is 260. The summed E-state index contributed by atoms with van der Waals surface area (Å²) in [4.78, 5) is 0. The molecule has 5 nitrogen and oxygen atoms in total. The van der Waals surface area contributed by atoms with E-state index in [2.05, 4.69) is 5.43 Å². The molecule has 1 aliphatic heterocycles. The highest BCUT2D eigenvalue weighted by Crippen LogP contribution is 2.42. The van der Waals surface area contributed by atoms with Crippen LogP contribution in [0.5, 0.6) is 0 Å². The van der Waals surface area contributed by atoms with E-state index in [1.54, 1.807) is 14.2 Å². The van der Waals surface area contributed by atoms with E-state index in [0.29, 0.717) is 5.92 Å². The van der Waals surface area contributed by atoms with Crippen LogP contribution in [0.15, 0.2) is 0 Å². The number of hydrazine groups is 1. The monoisotopic (exact) mass is 272 g/mol. The Hall–Kier alpha value is -0.200. The van der Waals surface area contributed by atoms with Crippen molar-refractivity contribution in [2.75, 3.05) is 20.8 Å². The number of methoxy groups -OCH3 is 2. The Morgan fingerprint density at radius 3 is 2.47 bits per heavy atom. The molecule has 3 N–H and O–H groups in total. The predicted octanol–water partition coefficient (Wildman–Crippen LogP) is 1.57. The van der Waals surface area contributed by atoms with Crippen molar-refractivity contribution < 1.29 is 14.2 Å². The highest BCUT2D eigenvalue weighted by Gasteiger charge is 2.42. The van der Waals surface area contributed by atoms with E-state index in [1.165, 1.54) is 32.1 Å². The maximum atomic E-state index is 6.13. The second-order valence-corrected chi connectivity index (χ2v) is 5.88. The molecule has 1 heterocycles. The molecular weight excluding hydrogens is 244 g/mol. The Labute approximate surface area is 116 Å². The maximum Gasteiger partial charge on any atom is 0.173 e. The largest absolute Gasteiger partial charge is 0.375 e. The third-order valence-corrected chi connectivity index (χ3v) is 4.75. The van der Waals surface area contributed by atoms with Gasteiger partial charge in [-0.3, -0.25) is 11.3 Å². The van der Waals surface area contributed by atoms with E-state index < -0.39 is 0 Å². The highest BCUT2D eigenvalue weighted by atomic mass is 16.7. The molecule has 0 aromatic heterocycles. The lowest BCUT2D eigenvalue weighted by molar-refractivity contribution is -0.164. The first-order valence-corrected chi connectivity index (χ1v) is 7.40. The smallest absolute Gasteiger partial charge is 0.173 e. The van der Waals surface area contributed by atoms with Gasteiger partial charge in [-0.2, -0.15) is 0 Å². The summed E-state index contributed by atoms with van der Waals surface area (Å²) in [5.74, 6) is 6.17. The van der Waals surface area contributed by atoms with Crippen molar-refractivity contribution in [3.05, 3.63) is 0 Å². The molecule has 1 aliphatic carbocycles. The van der Waals surface area contributed by atoms with Crippen molar-refractivity contribution in [2.45, 2.75) is 62.9 Å². The molecule has 2 fully saturated rings. The molecule has 1 saturated carbocycles. The van der Waals surface area contributed by atoms with Crippen LogP contribution in [0.25, 0.3) is 0 Å². The third kappa shape index (κ3) is 3.47. The van der Waals surface area contributed by atoms with Gasteiger partial charge in [-0.1, -0.05) is 19.3 Å². The molecule has 19 heavy (non-hydrogen) atoms. The van der Waals surface area contributed by atoms with Gasteiger partial charge in [0.25, 0.3) is 0 Å². The molecule has 0 bridgehead atoms. The number of hydrogen-bond acceptors (Lipinski definition) is 5. The van der Waals surface area contributed by atoms with Crippen molar-refractivity contribution in [2.24, 2.45) is 11.8 Å². The van der Waals surface area contributed by atoms with Crippen molar-refractivity contribution >= 4 is 0 Å². The molecule has 2 aliphatic rings. The van der Waals surface area contributed by atoms with Gasteiger partial charge in [-0.15, -0.1) is 0 Å². The van der Waals surface area contributed by atoms with E-state index >= 15 is 0 Å². The van der Waals surface area contributed by atoms with Crippen molar-refractivity contribution in [1.82, 2.24) is 5.43 Å². The molecule has 1 saturated heterocycles. The van der Waals surface area contributed by atoms with Crippen molar-refractivity contribution in [1.29, 1.82) is 0 Å². The minimum absolute atomic E-state index is 0.0256. The lowest BCUT2D eigenvalue weighted by Gasteiger charge is -2.46. The minimum atomic E-state index is -0.297. The molecule has 0 aromatic rings. The van der Waals surface area contributed by atoms with Crippen LogP contribution in [0.3, 0.4) is 0 Å². The SMILES string of the molecule is COC(OC)C(NN)C1CCOC2(CCCCC2)C1. The zero-order chi connectivity index (χ0) is 13.7. The molecule has 0 aromatic carbocycles. The summed E-state index contributed by atoms with van der Waals surface area (Å²) in [5, 5.41) is 0. The minimum Gasteiger partial charge on any atom is -0.375 e. The average molecular weight is 272 g/mol. The Morgan fingerprint density at radius 2 is 1.89 bits per heavy atom. The highest BCUT2D eigenvalue weighted by molar-refractivity contribution is 4.93.